The van der Waals surface area contributed by atoms with Gasteiger partial charge in [0.15, 0.2) is 9.84 Å². The highest BCUT2D eigenvalue weighted by molar-refractivity contribution is 7.92. The van der Waals surface area contributed by atoms with Gasteiger partial charge in [-0.1, -0.05) is 31.3 Å². The number of hydrogen-bond donors (Lipinski definition) is 1. The number of benzene rings is 1. The molecule has 1 aliphatic carbocycles. The van der Waals surface area contributed by atoms with Crippen molar-refractivity contribution in [2.45, 2.75) is 18.1 Å². The van der Waals surface area contributed by atoms with Crippen molar-refractivity contribution in [2.24, 2.45) is 11.1 Å². The average molecular weight is 331 g/mol. The van der Waals surface area contributed by atoms with Gasteiger partial charge in [-0.05, 0) is 17.7 Å². The summed E-state index contributed by atoms with van der Waals surface area (Å²) in [5, 5.41) is -0.755. The van der Waals surface area contributed by atoms with E-state index < -0.39 is 32.2 Å². The minimum absolute atomic E-state index is 0.0163. The number of hydrogen-bond acceptors (Lipinski definition) is 4. The summed E-state index contributed by atoms with van der Waals surface area (Å²) in [6, 6.07) is 5.89. The van der Waals surface area contributed by atoms with E-state index in [1.54, 1.807) is 19.1 Å². The first-order valence-corrected chi connectivity index (χ1v) is 8.69. The molecular formula is C14H18FNO3S2. The van der Waals surface area contributed by atoms with Crippen LogP contribution in [0.2, 0.25) is 0 Å². The Morgan fingerprint density at radius 3 is 2.67 bits per heavy atom. The van der Waals surface area contributed by atoms with Crippen molar-refractivity contribution >= 4 is 27.0 Å². The van der Waals surface area contributed by atoms with Crippen LogP contribution in [0, 0.1) is 11.2 Å². The predicted octanol–water partition coefficient (Wildman–Crippen LogP) is 1.65. The molecule has 1 aliphatic rings. The fraction of sp³-hybridized carbons (Fsp3) is 0.500. The average Bonchev–Trinajstić information content (AvgIpc) is 3.10. The number of sulfone groups is 1. The Morgan fingerprint density at radius 1 is 1.52 bits per heavy atom. The molecule has 1 aromatic rings. The van der Waals surface area contributed by atoms with Crippen LogP contribution < -0.4 is 5.73 Å². The third kappa shape index (κ3) is 2.58. The van der Waals surface area contributed by atoms with Gasteiger partial charge in [-0.15, -0.1) is 0 Å². The van der Waals surface area contributed by atoms with Crippen LogP contribution in [-0.4, -0.2) is 38.1 Å². The number of halogens is 1. The Hall–Kier alpha value is -1.05. The second-order valence-electron chi connectivity index (χ2n) is 5.24. The molecule has 0 bridgehead atoms. The summed E-state index contributed by atoms with van der Waals surface area (Å²) in [7, 11) is -1.91. The van der Waals surface area contributed by atoms with E-state index in [1.165, 1.54) is 19.2 Å². The minimum atomic E-state index is -3.38. The van der Waals surface area contributed by atoms with E-state index in [9.17, 15) is 12.8 Å². The SMILES string of the molecule is CCS(=O)(=O)C1C(c2cccc(F)c2)C1(COC)C(N)=S. The molecule has 21 heavy (non-hydrogen) atoms. The van der Waals surface area contributed by atoms with Crippen molar-refractivity contribution in [3.8, 4) is 0 Å². The molecule has 1 aromatic carbocycles. The van der Waals surface area contributed by atoms with Crippen LogP contribution >= 0.6 is 12.2 Å². The lowest BCUT2D eigenvalue weighted by atomic mass is 10.00. The zero-order valence-corrected chi connectivity index (χ0v) is 13.5. The molecule has 1 saturated carbocycles. The third-order valence-corrected chi connectivity index (χ3v) is 6.75. The molecule has 0 heterocycles. The summed E-state index contributed by atoms with van der Waals surface area (Å²) in [6.07, 6.45) is 0. The molecule has 3 atom stereocenters. The van der Waals surface area contributed by atoms with E-state index in [0.29, 0.717) is 5.56 Å². The number of nitrogens with two attached hydrogens (primary N) is 1. The van der Waals surface area contributed by atoms with Crippen LogP contribution in [0.1, 0.15) is 18.4 Å². The van der Waals surface area contributed by atoms with Gasteiger partial charge in [-0.3, -0.25) is 0 Å². The third-order valence-electron chi connectivity index (χ3n) is 4.10. The summed E-state index contributed by atoms with van der Waals surface area (Å²) in [6.45, 7) is 1.68. The lowest BCUT2D eigenvalue weighted by Crippen LogP contribution is -2.33. The molecule has 0 spiro atoms. The van der Waals surface area contributed by atoms with Gasteiger partial charge < -0.3 is 10.5 Å². The molecule has 3 unspecified atom stereocenters. The van der Waals surface area contributed by atoms with Gasteiger partial charge in [0.1, 0.15) is 5.82 Å². The highest BCUT2D eigenvalue weighted by atomic mass is 32.2. The first-order chi connectivity index (χ1) is 9.81. The van der Waals surface area contributed by atoms with Crippen LogP contribution in [0.3, 0.4) is 0 Å². The summed E-state index contributed by atoms with van der Waals surface area (Å²) in [5.41, 5.74) is 5.45. The number of methoxy groups -OCH3 is 1. The van der Waals surface area contributed by atoms with Crippen LogP contribution in [-0.2, 0) is 14.6 Å². The van der Waals surface area contributed by atoms with E-state index in [4.69, 9.17) is 22.7 Å². The van der Waals surface area contributed by atoms with Crippen LogP contribution in [0.15, 0.2) is 24.3 Å². The highest BCUT2D eigenvalue weighted by Crippen LogP contribution is 2.63. The fourth-order valence-corrected chi connectivity index (χ4v) is 5.52. The van der Waals surface area contributed by atoms with E-state index in [2.05, 4.69) is 0 Å². The zero-order valence-electron chi connectivity index (χ0n) is 11.9. The lowest BCUT2D eigenvalue weighted by Gasteiger charge is -2.15. The van der Waals surface area contributed by atoms with Gasteiger partial charge in [0.2, 0.25) is 0 Å². The van der Waals surface area contributed by atoms with Crippen LogP contribution in [0.4, 0.5) is 4.39 Å². The molecule has 2 rings (SSSR count). The van der Waals surface area contributed by atoms with E-state index in [0.717, 1.165) is 0 Å². The molecule has 0 aromatic heterocycles. The first kappa shape index (κ1) is 16.3. The zero-order chi connectivity index (χ0) is 15.8. The molecule has 2 N–H and O–H groups in total. The maximum absolute atomic E-state index is 13.5. The van der Waals surface area contributed by atoms with Crippen molar-refractivity contribution < 1.29 is 17.5 Å². The highest BCUT2D eigenvalue weighted by Gasteiger charge is 2.72. The normalized spacial score (nSPS) is 28.3. The monoisotopic (exact) mass is 331 g/mol. The molecule has 0 amide bonds. The number of ether oxygens (including phenoxy) is 1. The van der Waals surface area contributed by atoms with E-state index >= 15 is 0 Å². The predicted molar refractivity (Wildman–Crippen MR) is 83.5 cm³/mol. The molecule has 7 heteroatoms. The molecule has 116 valence electrons. The molecule has 1 fully saturated rings. The molecule has 0 aliphatic heterocycles. The van der Waals surface area contributed by atoms with Crippen molar-refractivity contribution in [3.63, 3.8) is 0 Å². The summed E-state index contributed by atoms with van der Waals surface area (Å²) < 4.78 is 43.3. The second-order valence-corrected chi connectivity index (χ2v) is 8.09. The summed E-state index contributed by atoms with van der Waals surface area (Å²) in [4.78, 5) is 0.0978. The maximum Gasteiger partial charge on any atom is 0.154 e. The lowest BCUT2D eigenvalue weighted by molar-refractivity contribution is 0.166. The fourth-order valence-electron chi connectivity index (χ4n) is 3.06. The standard InChI is InChI=1S/C14H18FNO3S2/c1-3-21(17,18)12-11(9-5-4-6-10(15)7-9)14(12,8-19-2)13(16)20/h4-7,11-12H,3,8H2,1-2H3,(H2,16,20). The molecule has 0 saturated heterocycles. The van der Waals surface area contributed by atoms with Gasteiger partial charge in [0.25, 0.3) is 0 Å². The minimum Gasteiger partial charge on any atom is -0.393 e. The van der Waals surface area contributed by atoms with Gasteiger partial charge >= 0.3 is 0 Å². The Kier molecular flexibility index (Phi) is 4.37. The second kappa shape index (κ2) is 5.62. The van der Waals surface area contributed by atoms with Crippen molar-refractivity contribution in [1.82, 2.24) is 0 Å². The Labute approximate surface area is 129 Å². The number of thiocarbonyl (C=S) groups is 1. The van der Waals surface area contributed by atoms with Gasteiger partial charge in [-0.2, -0.15) is 0 Å². The molecule has 4 nitrogen and oxygen atoms in total. The summed E-state index contributed by atoms with van der Waals surface area (Å²) >= 11 is 5.10. The maximum atomic E-state index is 13.5. The molecule has 0 radical (unpaired) electrons. The van der Waals surface area contributed by atoms with Crippen LogP contribution in [0.25, 0.3) is 0 Å². The van der Waals surface area contributed by atoms with E-state index in [1.807, 2.05) is 0 Å². The van der Waals surface area contributed by atoms with Crippen molar-refractivity contribution in [1.29, 1.82) is 0 Å². The quantitative estimate of drug-likeness (QED) is 0.803. The van der Waals surface area contributed by atoms with Gasteiger partial charge in [0, 0.05) is 18.8 Å². The van der Waals surface area contributed by atoms with Gasteiger partial charge in [-0.25, -0.2) is 12.8 Å². The van der Waals surface area contributed by atoms with Crippen molar-refractivity contribution in [3.05, 3.63) is 35.6 Å². The van der Waals surface area contributed by atoms with Gasteiger partial charge in [0.05, 0.1) is 22.3 Å². The van der Waals surface area contributed by atoms with Crippen LogP contribution in [0.5, 0.6) is 0 Å². The number of rotatable bonds is 6. The smallest absolute Gasteiger partial charge is 0.154 e. The Bertz CT molecular complexity index is 662. The largest absolute Gasteiger partial charge is 0.393 e. The Morgan fingerprint density at radius 2 is 2.19 bits per heavy atom. The molecular weight excluding hydrogens is 313 g/mol. The van der Waals surface area contributed by atoms with E-state index in [-0.39, 0.29) is 17.3 Å². The topological polar surface area (TPSA) is 69.4 Å². The Balaban J connectivity index is 2.54. The van der Waals surface area contributed by atoms with Crippen molar-refractivity contribution in [2.75, 3.05) is 19.5 Å². The first-order valence-electron chi connectivity index (χ1n) is 6.57. The summed E-state index contributed by atoms with van der Waals surface area (Å²) in [5.74, 6) is -0.894.